The summed E-state index contributed by atoms with van der Waals surface area (Å²) in [5, 5.41) is -0.267. The highest BCUT2D eigenvalue weighted by Gasteiger charge is 2.36. The van der Waals surface area contributed by atoms with E-state index in [2.05, 4.69) is 56.5 Å². The van der Waals surface area contributed by atoms with Gasteiger partial charge in [0.25, 0.3) is 11.1 Å². The summed E-state index contributed by atoms with van der Waals surface area (Å²) < 4.78 is 2.22. The second kappa shape index (κ2) is 8.00. The summed E-state index contributed by atoms with van der Waals surface area (Å²) in [7, 11) is 0. The van der Waals surface area contributed by atoms with Gasteiger partial charge in [-0.25, -0.2) is 4.90 Å². The first-order chi connectivity index (χ1) is 14.4. The average molecular weight is 417 g/mol. The third kappa shape index (κ3) is 3.50. The van der Waals surface area contributed by atoms with E-state index in [9.17, 15) is 9.59 Å². The molecule has 2 aromatic carbocycles. The number of nitrogens with zero attached hydrogens (tertiary/aromatic N) is 2. The second-order valence-corrected chi connectivity index (χ2v) is 8.72. The number of imide groups is 1. The number of hydrogen-bond donors (Lipinski definition) is 0. The highest BCUT2D eigenvalue weighted by Crippen LogP contribution is 2.37. The van der Waals surface area contributed by atoms with Crippen molar-refractivity contribution in [1.82, 2.24) is 4.57 Å². The lowest BCUT2D eigenvalue weighted by Gasteiger charge is -2.17. The minimum Gasteiger partial charge on any atom is -0.318 e. The van der Waals surface area contributed by atoms with E-state index in [-0.39, 0.29) is 11.1 Å². The van der Waals surface area contributed by atoms with Crippen LogP contribution in [0.1, 0.15) is 42.3 Å². The predicted molar refractivity (Wildman–Crippen MR) is 124 cm³/mol. The number of rotatable bonds is 4. The van der Waals surface area contributed by atoms with Crippen molar-refractivity contribution in [1.29, 1.82) is 0 Å². The summed E-state index contributed by atoms with van der Waals surface area (Å²) in [5.74, 6) is 0.122. The molecule has 0 N–H and O–H groups in total. The van der Waals surface area contributed by atoms with E-state index in [1.54, 1.807) is 12.1 Å². The van der Waals surface area contributed by atoms with Crippen molar-refractivity contribution in [3.63, 3.8) is 0 Å². The molecule has 30 heavy (non-hydrogen) atoms. The number of benzene rings is 2. The Hall–Kier alpha value is -3.05. The van der Waals surface area contributed by atoms with Crippen molar-refractivity contribution < 1.29 is 9.59 Å². The van der Waals surface area contributed by atoms with Gasteiger partial charge in [-0.1, -0.05) is 50.2 Å². The molecule has 2 amide bonds. The fourth-order valence-electron chi connectivity index (χ4n) is 3.89. The second-order valence-electron chi connectivity index (χ2n) is 7.73. The maximum atomic E-state index is 12.9. The Morgan fingerprint density at radius 3 is 2.30 bits per heavy atom. The fourth-order valence-corrected chi connectivity index (χ4v) is 4.72. The summed E-state index contributed by atoms with van der Waals surface area (Å²) in [4.78, 5) is 27.1. The Kier molecular flexibility index (Phi) is 5.39. The molecule has 0 unspecified atom stereocenters. The molecule has 4 rings (SSSR count). The van der Waals surface area contributed by atoms with E-state index in [0.29, 0.717) is 16.5 Å². The summed E-state index contributed by atoms with van der Waals surface area (Å²) >= 11 is 0.988. The van der Waals surface area contributed by atoms with E-state index in [1.165, 1.54) is 10.5 Å². The van der Waals surface area contributed by atoms with E-state index < -0.39 is 0 Å². The maximum absolute atomic E-state index is 12.9. The van der Waals surface area contributed by atoms with Crippen molar-refractivity contribution in [2.24, 2.45) is 0 Å². The van der Waals surface area contributed by atoms with Crippen LogP contribution in [0.4, 0.5) is 10.5 Å². The Bertz CT molecular complexity index is 1160. The van der Waals surface area contributed by atoms with Gasteiger partial charge in [-0.3, -0.25) is 9.59 Å². The Morgan fingerprint density at radius 2 is 1.60 bits per heavy atom. The molecule has 3 aromatic rings. The van der Waals surface area contributed by atoms with Crippen molar-refractivity contribution in [3.05, 3.63) is 88.1 Å². The van der Waals surface area contributed by atoms with Gasteiger partial charge in [0.15, 0.2) is 0 Å². The number of aromatic nitrogens is 1. The van der Waals surface area contributed by atoms with Gasteiger partial charge in [-0.2, -0.15) is 0 Å². The van der Waals surface area contributed by atoms with Gasteiger partial charge in [0.2, 0.25) is 0 Å². The Labute approximate surface area is 181 Å². The molecule has 0 aliphatic carbocycles. The molecule has 1 saturated heterocycles. The van der Waals surface area contributed by atoms with Gasteiger partial charge in [-0.15, -0.1) is 0 Å². The van der Waals surface area contributed by atoms with Gasteiger partial charge >= 0.3 is 0 Å². The number of hydrogen-bond acceptors (Lipinski definition) is 3. The Morgan fingerprint density at radius 1 is 0.933 bits per heavy atom. The third-order valence-corrected chi connectivity index (χ3v) is 6.23. The number of para-hydroxylation sites is 2. The molecule has 1 aliphatic rings. The van der Waals surface area contributed by atoms with E-state index >= 15 is 0 Å². The van der Waals surface area contributed by atoms with Crippen LogP contribution >= 0.6 is 11.8 Å². The summed E-state index contributed by atoms with van der Waals surface area (Å²) in [6.45, 7) is 8.50. The van der Waals surface area contributed by atoms with Crippen LogP contribution in [0, 0.1) is 13.8 Å². The highest BCUT2D eigenvalue weighted by molar-refractivity contribution is 8.19. The summed E-state index contributed by atoms with van der Waals surface area (Å²) in [6.07, 6.45) is 1.84. The molecule has 5 heteroatoms. The minimum atomic E-state index is -0.274. The van der Waals surface area contributed by atoms with Crippen LogP contribution in [0.25, 0.3) is 11.8 Å². The molecule has 0 radical (unpaired) electrons. The van der Waals surface area contributed by atoms with Gasteiger partial charge < -0.3 is 4.57 Å². The summed E-state index contributed by atoms with van der Waals surface area (Å²) in [6, 6.07) is 19.5. The zero-order chi connectivity index (χ0) is 21.4. The molecule has 1 aliphatic heterocycles. The molecule has 4 nitrogen and oxygen atoms in total. The van der Waals surface area contributed by atoms with Crippen LogP contribution in [0.5, 0.6) is 0 Å². The van der Waals surface area contributed by atoms with Crippen molar-refractivity contribution in [2.45, 2.75) is 33.6 Å². The van der Waals surface area contributed by atoms with Crippen LogP contribution in [0.3, 0.4) is 0 Å². The standard InChI is InChI=1S/C25H24N2O2S/c1-16(2)21-12-8-9-13-22(21)26-17(3)14-19(18(26)4)15-23-24(28)27(25(29)30-23)20-10-6-5-7-11-20/h5-16H,1-4H3/b23-15+. The molecular formula is C25H24N2O2S. The monoisotopic (exact) mass is 416 g/mol. The first-order valence-electron chi connectivity index (χ1n) is 9.99. The lowest BCUT2D eigenvalue weighted by Crippen LogP contribution is -2.27. The molecular weight excluding hydrogens is 392 g/mol. The number of aryl methyl sites for hydroxylation is 1. The maximum Gasteiger partial charge on any atom is 0.298 e. The van der Waals surface area contributed by atoms with Crippen LogP contribution in [0.2, 0.25) is 0 Å². The van der Waals surface area contributed by atoms with Gasteiger partial charge in [0, 0.05) is 17.1 Å². The molecule has 1 fully saturated rings. The van der Waals surface area contributed by atoms with E-state index in [4.69, 9.17) is 0 Å². The lowest BCUT2D eigenvalue weighted by atomic mass is 10.0. The van der Waals surface area contributed by atoms with Crippen LogP contribution in [-0.4, -0.2) is 15.7 Å². The molecule has 0 saturated carbocycles. The largest absolute Gasteiger partial charge is 0.318 e. The Balaban J connectivity index is 1.74. The molecule has 152 valence electrons. The normalized spacial score (nSPS) is 15.6. The SMILES string of the molecule is Cc1cc(/C=C2/SC(=O)N(c3ccccc3)C2=O)c(C)n1-c1ccccc1C(C)C. The van der Waals surface area contributed by atoms with Crippen molar-refractivity contribution >= 4 is 34.7 Å². The van der Waals surface area contributed by atoms with Crippen LogP contribution in [0.15, 0.2) is 65.6 Å². The zero-order valence-corrected chi connectivity index (χ0v) is 18.4. The molecule has 1 aromatic heterocycles. The van der Waals surface area contributed by atoms with Crippen molar-refractivity contribution in [2.75, 3.05) is 4.90 Å². The smallest absolute Gasteiger partial charge is 0.298 e. The number of carbonyl (C=O) groups excluding carboxylic acids is 2. The molecule has 2 heterocycles. The average Bonchev–Trinajstić information content (AvgIpc) is 3.17. The molecule has 0 atom stereocenters. The molecule has 0 bridgehead atoms. The lowest BCUT2D eigenvalue weighted by molar-refractivity contribution is -0.113. The van der Waals surface area contributed by atoms with Crippen LogP contribution in [-0.2, 0) is 4.79 Å². The molecule has 0 spiro atoms. The van der Waals surface area contributed by atoms with Gasteiger partial charge in [0.05, 0.1) is 10.6 Å². The number of thioether (sulfide) groups is 1. The first kappa shape index (κ1) is 20.2. The summed E-state index contributed by atoms with van der Waals surface area (Å²) in [5.41, 5.74) is 6.11. The predicted octanol–water partition coefficient (Wildman–Crippen LogP) is 6.46. The topological polar surface area (TPSA) is 42.3 Å². The van der Waals surface area contributed by atoms with E-state index in [1.807, 2.05) is 30.3 Å². The highest BCUT2D eigenvalue weighted by atomic mass is 32.2. The van der Waals surface area contributed by atoms with E-state index in [0.717, 1.165) is 34.4 Å². The zero-order valence-electron chi connectivity index (χ0n) is 17.5. The van der Waals surface area contributed by atoms with Gasteiger partial charge in [0.1, 0.15) is 0 Å². The van der Waals surface area contributed by atoms with Crippen LogP contribution < -0.4 is 4.90 Å². The fraction of sp³-hybridized carbons (Fsp3) is 0.200. The van der Waals surface area contributed by atoms with Crippen molar-refractivity contribution in [3.8, 4) is 5.69 Å². The van der Waals surface area contributed by atoms with Gasteiger partial charge in [-0.05, 0) is 73.0 Å². The number of anilines is 1. The third-order valence-electron chi connectivity index (χ3n) is 5.36. The first-order valence-corrected chi connectivity index (χ1v) is 10.8. The quantitative estimate of drug-likeness (QED) is 0.459. The minimum absolute atomic E-state index is 0.267. The number of amides is 2. The number of carbonyl (C=O) groups is 2.